The molecule has 1 saturated heterocycles. The Morgan fingerprint density at radius 3 is 2.25 bits per heavy atom. The number of anilines is 1. The lowest BCUT2D eigenvalue weighted by atomic mass is 10.1. The van der Waals surface area contributed by atoms with Crippen molar-refractivity contribution in [3.63, 3.8) is 0 Å². The number of aryl methyl sites for hydroxylation is 1. The molecule has 4 aromatic carbocycles. The van der Waals surface area contributed by atoms with Crippen LogP contribution in [0.1, 0.15) is 32.6 Å². The fourth-order valence-electron chi connectivity index (χ4n) is 5.74. The van der Waals surface area contributed by atoms with Crippen LogP contribution in [0, 0.1) is 6.92 Å². The minimum Gasteiger partial charge on any atom is -0.351 e. The van der Waals surface area contributed by atoms with Crippen LogP contribution in [0.4, 0.5) is 5.69 Å². The monoisotopic (exact) mass is 602 g/mol. The summed E-state index contributed by atoms with van der Waals surface area (Å²) in [6, 6.07) is 34.4. The van der Waals surface area contributed by atoms with Crippen molar-refractivity contribution in [2.45, 2.75) is 24.9 Å². The van der Waals surface area contributed by atoms with Gasteiger partial charge in [-0.1, -0.05) is 102 Å². The molecule has 0 aliphatic carbocycles. The number of hydrogen-bond donors (Lipinski definition) is 1. The van der Waals surface area contributed by atoms with E-state index in [9.17, 15) is 9.59 Å². The van der Waals surface area contributed by atoms with Crippen LogP contribution in [-0.2, 0) is 17.9 Å². The second kappa shape index (κ2) is 14.1. The van der Waals surface area contributed by atoms with Crippen LogP contribution in [-0.4, -0.2) is 60.9 Å². The zero-order valence-electron chi connectivity index (χ0n) is 25.1. The van der Waals surface area contributed by atoms with Gasteiger partial charge < -0.3 is 10.2 Å². The van der Waals surface area contributed by atoms with Crippen LogP contribution in [0.15, 0.2) is 113 Å². The SMILES string of the molecule is Cc1cccc(CN2C(=O)/C(=C/c3ccccc3)Sc3ccc(C(=O)NCCN4CCN(Cc5ccccc5)CC4)cc32)c1. The first kappa shape index (κ1) is 29.9. The largest absolute Gasteiger partial charge is 0.351 e. The Morgan fingerprint density at radius 2 is 1.50 bits per heavy atom. The molecule has 44 heavy (non-hydrogen) atoms. The highest BCUT2D eigenvalue weighted by atomic mass is 32.2. The third kappa shape index (κ3) is 7.48. The minimum absolute atomic E-state index is 0.0585. The summed E-state index contributed by atoms with van der Waals surface area (Å²) in [5.74, 6) is -0.175. The van der Waals surface area contributed by atoms with Gasteiger partial charge in [0.25, 0.3) is 11.8 Å². The molecule has 7 heteroatoms. The number of benzene rings is 4. The van der Waals surface area contributed by atoms with E-state index in [2.05, 4.69) is 64.5 Å². The van der Waals surface area contributed by atoms with E-state index in [-0.39, 0.29) is 11.8 Å². The number of nitrogens with zero attached hydrogens (tertiary/aromatic N) is 3. The van der Waals surface area contributed by atoms with Crippen LogP contribution in [0.3, 0.4) is 0 Å². The van der Waals surface area contributed by atoms with E-state index in [1.165, 1.54) is 17.3 Å². The number of carbonyl (C=O) groups excluding carboxylic acids is 2. The van der Waals surface area contributed by atoms with Gasteiger partial charge in [0, 0.05) is 56.3 Å². The summed E-state index contributed by atoms with van der Waals surface area (Å²) in [7, 11) is 0. The Labute approximate surface area is 264 Å². The number of piperazine rings is 1. The highest BCUT2D eigenvalue weighted by Crippen LogP contribution is 2.43. The summed E-state index contributed by atoms with van der Waals surface area (Å²) < 4.78 is 0. The van der Waals surface area contributed by atoms with Crippen LogP contribution in [0.5, 0.6) is 0 Å². The highest BCUT2D eigenvalue weighted by molar-refractivity contribution is 8.04. The zero-order chi connectivity index (χ0) is 30.3. The lowest BCUT2D eigenvalue weighted by Crippen LogP contribution is -2.48. The molecule has 0 bridgehead atoms. The molecule has 224 valence electrons. The third-order valence-electron chi connectivity index (χ3n) is 8.14. The first-order valence-corrected chi connectivity index (χ1v) is 16.1. The smallest absolute Gasteiger partial charge is 0.265 e. The molecule has 0 atom stereocenters. The van der Waals surface area contributed by atoms with E-state index in [4.69, 9.17) is 0 Å². The van der Waals surface area contributed by atoms with E-state index in [0.29, 0.717) is 23.6 Å². The summed E-state index contributed by atoms with van der Waals surface area (Å²) in [6.45, 7) is 8.90. The maximum absolute atomic E-state index is 13.9. The van der Waals surface area contributed by atoms with Gasteiger partial charge in [0.15, 0.2) is 0 Å². The average molecular weight is 603 g/mol. The van der Waals surface area contributed by atoms with Gasteiger partial charge in [0.2, 0.25) is 0 Å². The molecule has 0 radical (unpaired) electrons. The van der Waals surface area contributed by atoms with Gasteiger partial charge in [0.1, 0.15) is 0 Å². The molecule has 0 saturated carbocycles. The van der Waals surface area contributed by atoms with Crippen LogP contribution >= 0.6 is 11.8 Å². The van der Waals surface area contributed by atoms with Gasteiger partial charge in [-0.25, -0.2) is 0 Å². The first-order valence-electron chi connectivity index (χ1n) is 15.2. The topological polar surface area (TPSA) is 55.9 Å². The predicted octanol–water partition coefficient (Wildman–Crippen LogP) is 6.22. The molecule has 6 nitrogen and oxygen atoms in total. The Balaban J connectivity index is 1.11. The fraction of sp³-hybridized carbons (Fsp3) is 0.243. The van der Waals surface area contributed by atoms with Crippen molar-refractivity contribution in [3.8, 4) is 0 Å². The number of fused-ring (bicyclic) bond motifs is 1. The predicted molar refractivity (Wildman–Crippen MR) is 180 cm³/mol. The zero-order valence-corrected chi connectivity index (χ0v) is 25.9. The molecule has 4 aromatic rings. The summed E-state index contributed by atoms with van der Waals surface area (Å²) in [4.78, 5) is 35.5. The van der Waals surface area contributed by atoms with Gasteiger partial charge in [-0.3, -0.25) is 19.4 Å². The van der Waals surface area contributed by atoms with Gasteiger partial charge in [0.05, 0.1) is 17.1 Å². The highest BCUT2D eigenvalue weighted by Gasteiger charge is 2.30. The Kier molecular flexibility index (Phi) is 9.56. The van der Waals surface area contributed by atoms with Crippen molar-refractivity contribution in [1.29, 1.82) is 0 Å². The molecule has 0 spiro atoms. The molecule has 1 N–H and O–H groups in total. The second-order valence-corrected chi connectivity index (χ2v) is 12.5. The molecular formula is C37H38N4O2S. The van der Waals surface area contributed by atoms with Crippen molar-refractivity contribution in [2.75, 3.05) is 44.2 Å². The van der Waals surface area contributed by atoms with Crippen molar-refractivity contribution >= 4 is 35.3 Å². The lowest BCUT2D eigenvalue weighted by molar-refractivity contribution is -0.114. The summed E-state index contributed by atoms with van der Waals surface area (Å²) in [6.07, 6.45) is 1.95. The van der Waals surface area contributed by atoms with Crippen molar-refractivity contribution in [1.82, 2.24) is 15.1 Å². The van der Waals surface area contributed by atoms with Crippen LogP contribution in [0.25, 0.3) is 6.08 Å². The average Bonchev–Trinajstić information content (AvgIpc) is 3.04. The Bertz CT molecular complexity index is 1630. The number of nitrogens with one attached hydrogen (secondary N) is 1. The molecule has 0 aromatic heterocycles. The summed E-state index contributed by atoms with van der Waals surface area (Å²) in [5.41, 5.74) is 5.86. The molecular weight excluding hydrogens is 565 g/mol. The van der Waals surface area contributed by atoms with Gasteiger partial charge in [-0.05, 0) is 47.9 Å². The molecule has 2 aliphatic rings. The molecule has 2 heterocycles. The quantitative estimate of drug-likeness (QED) is 0.231. The standard InChI is InChI=1S/C37H38N4O2S/c1-28-9-8-14-31(23-28)27-41-33-25-32(15-16-34(33)44-35(37(41)43)24-29-10-4-2-5-11-29)36(42)38-17-18-39-19-21-40(22-20-39)26-30-12-6-3-7-13-30/h2-16,23-25H,17-22,26-27H2,1H3,(H,38,42)/b35-24-. The van der Waals surface area contributed by atoms with Crippen LogP contribution in [0.2, 0.25) is 0 Å². The van der Waals surface area contributed by atoms with Crippen molar-refractivity contribution in [2.24, 2.45) is 0 Å². The van der Waals surface area contributed by atoms with E-state index in [0.717, 1.165) is 66.5 Å². The Morgan fingerprint density at radius 1 is 0.795 bits per heavy atom. The molecule has 2 aliphatic heterocycles. The molecule has 1 fully saturated rings. The van der Waals surface area contributed by atoms with Gasteiger partial charge >= 0.3 is 0 Å². The molecule has 6 rings (SSSR count). The summed E-state index contributed by atoms with van der Waals surface area (Å²) in [5, 5.41) is 3.11. The number of rotatable bonds is 9. The van der Waals surface area contributed by atoms with E-state index < -0.39 is 0 Å². The maximum atomic E-state index is 13.9. The number of hydrogen-bond acceptors (Lipinski definition) is 5. The molecule has 0 unspecified atom stereocenters. The van der Waals surface area contributed by atoms with Crippen LogP contribution < -0.4 is 10.2 Å². The summed E-state index contributed by atoms with van der Waals surface area (Å²) >= 11 is 1.46. The van der Waals surface area contributed by atoms with Gasteiger partial charge in [-0.15, -0.1) is 0 Å². The number of amides is 2. The van der Waals surface area contributed by atoms with E-state index in [1.54, 1.807) is 4.90 Å². The fourth-order valence-corrected chi connectivity index (χ4v) is 6.78. The number of thioether (sulfide) groups is 1. The van der Waals surface area contributed by atoms with Gasteiger partial charge in [-0.2, -0.15) is 0 Å². The van der Waals surface area contributed by atoms with Crippen molar-refractivity contribution in [3.05, 3.63) is 136 Å². The lowest BCUT2D eigenvalue weighted by Gasteiger charge is -2.34. The Hall–Kier alpha value is -4.17. The van der Waals surface area contributed by atoms with E-state index in [1.807, 2.05) is 66.7 Å². The normalized spacial score (nSPS) is 16.6. The molecule has 2 amide bonds. The maximum Gasteiger partial charge on any atom is 0.265 e. The number of carbonyl (C=O) groups is 2. The van der Waals surface area contributed by atoms with Crippen molar-refractivity contribution < 1.29 is 9.59 Å². The third-order valence-corrected chi connectivity index (χ3v) is 9.21. The first-order chi connectivity index (χ1) is 21.5. The second-order valence-electron chi connectivity index (χ2n) is 11.4. The minimum atomic E-state index is -0.117. The van der Waals surface area contributed by atoms with E-state index >= 15 is 0 Å².